The molecule has 0 fully saturated rings. The first-order valence-electron chi connectivity index (χ1n) is 4.78. The van der Waals surface area contributed by atoms with Crippen LogP contribution in [0, 0.1) is 15.9 Å². The number of para-hydroxylation sites is 1. The average molecular weight is 250 g/mol. The molecule has 18 heavy (non-hydrogen) atoms. The molecule has 8 heteroatoms. The van der Waals surface area contributed by atoms with Crippen LogP contribution in [0.3, 0.4) is 0 Å². The van der Waals surface area contributed by atoms with E-state index in [1.165, 1.54) is 18.3 Å². The molecule has 0 aliphatic heterocycles. The number of nitrogens with zero attached hydrogens (tertiary/aromatic N) is 3. The van der Waals surface area contributed by atoms with Crippen molar-refractivity contribution in [2.75, 3.05) is 0 Å². The summed E-state index contributed by atoms with van der Waals surface area (Å²) in [6, 6.07) is 3.60. The lowest BCUT2D eigenvalue weighted by atomic mass is 10.2. The summed E-state index contributed by atoms with van der Waals surface area (Å²) in [5.41, 5.74) is 4.32. The number of benzene rings is 1. The van der Waals surface area contributed by atoms with E-state index in [0.717, 1.165) is 16.9 Å². The summed E-state index contributed by atoms with van der Waals surface area (Å²) in [4.78, 5) is 20.8. The number of primary amides is 1. The van der Waals surface area contributed by atoms with E-state index in [0.29, 0.717) is 0 Å². The fourth-order valence-electron chi connectivity index (χ4n) is 1.45. The highest BCUT2D eigenvalue weighted by Crippen LogP contribution is 2.25. The Morgan fingerprint density at radius 1 is 1.50 bits per heavy atom. The van der Waals surface area contributed by atoms with Gasteiger partial charge in [0.1, 0.15) is 5.69 Å². The van der Waals surface area contributed by atoms with Gasteiger partial charge >= 0.3 is 5.69 Å². The summed E-state index contributed by atoms with van der Waals surface area (Å²) < 4.78 is 14.4. The third-order valence-corrected chi connectivity index (χ3v) is 2.26. The molecule has 0 aliphatic carbocycles. The van der Waals surface area contributed by atoms with E-state index in [4.69, 9.17) is 5.73 Å². The summed E-state index contributed by atoms with van der Waals surface area (Å²) in [6.45, 7) is 0. The predicted octanol–water partition coefficient (Wildman–Crippen LogP) is 1.02. The van der Waals surface area contributed by atoms with Gasteiger partial charge in [-0.2, -0.15) is 9.49 Å². The van der Waals surface area contributed by atoms with Gasteiger partial charge in [0, 0.05) is 6.20 Å². The molecule has 0 aliphatic rings. The van der Waals surface area contributed by atoms with E-state index >= 15 is 0 Å². The van der Waals surface area contributed by atoms with Crippen molar-refractivity contribution in [1.82, 2.24) is 9.78 Å². The molecule has 7 nitrogen and oxygen atoms in total. The maximum atomic E-state index is 13.4. The first-order chi connectivity index (χ1) is 8.50. The summed E-state index contributed by atoms with van der Waals surface area (Å²) in [7, 11) is 0. The Kier molecular flexibility index (Phi) is 2.76. The topological polar surface area (TPSA) is 104 Å². The highest BCUT2D eigenvalue weighted by molar-refractivity contribution is 5.92. The molecule has 1 aromatic carbocycles. The molecule has 2 N–H and O–H groups in total. The molecule has 0 unspecified atom stereocenters. The highest BCUT2D eigenvalue weighted by Gasteiger charge is 2.22. The van der Waals surface area contributed by atoms with Gasteiger partial charge in [-0.15, -0.1) is 0 Å². The molecule has 1 aromatic heterocycles. The number of hydrogen-bond donors (Lipinski definition) is 1. The zero-order valence-corrected chi connectivity index (χ0v) is 8.91. The van der Waals surface area contributed by atoms with Crippen molar-refractivity contribution in [3.8, 4) is 5.69 Å². The van der Waals surface area contributed by atoms with E-state index < -0.39 is 22.3 Å². The Balaban J connectivity index is 2.59. The van der Waals surface area contributed by atoms with Crippen LogP contribution in [0.5, 0.6) is 0 Å². The van der Waals surface area contributed by atoms with Crippen LogP contribution in [0.2, 0.25) is 0 Å². The second kappa shape index (κ2) is 4.24. The predicted molar refractivity (Wildman–Crippen MR) is 58.7 cm³/mol. The second-order valence-electron chi connectivity index (χ2n) is 3.40. The van der Waals surface area contributed by atoms with Gasteiger partial charge in [-0.1, -0.05) is 6.07 Å². The van der Waals surface area contributed by atoms with Crippen LogP contribution >= 0.6 is 0 Å². The number of carbonyl (C=O) groups excluding carboxylic acids is 1. The van der Waals surface area contributed by atoms with Crippen LogP contribution in [0.15, 0.2) is 30.6 Å². The van der Waals surface area contributed by atoms with Gasteiger partial charge in [-0.3, -0.25) is 14.9 Å². The maximum Gasteiger partial charge on any atom is 0.330 e. The van der Waals surface area contributed by atoms with Crippen LogP contribution < -0.4 is 5.73 Å². The van der Waals surface area contributed by atoms with Gasteiger partial charge < -0.3 is 5.73 Å². The minimum absolute atomic E-state index is 0.0764. The molecule has 0 atom stereocenters. The lowest BCUT2D eigenvalue weighted by Gasteiger charge is -2.02. The normalized spacial score (nSPS) is 10.3. The highest BCUT2D eigenvalue weighted by atomic mass is 19.1. The van der Waals surface area contributed by atoms with E-state index in [1.54, 1.807) is 0 Å². The summed E-state index contributed by atoms with van der Waals surface area (Å²) >= 11 is 0. The molecule has 0 saturated carbocycles. The number of aromatic nitrogens is 2. The van der Waals surface area contributed by atoms with Crippen molar-refractivity contribution >= 4 is 11.6 Å². The van der Waals surface area contributed by atoms with Crippen molar-refractivity contribution < 1.29 is 14.1 Å². The number of amides is 1. The Morgan fingerprint density at radius 3 is 2.78 bits per heavy atom. The lowest BCUT2D eigenvalue weighted by molar-refractivity contribution is -0.387. The van der Waals surface area contributed by atoms with E-state index in [9.17, 15) is 19.3 Å². The Morgan fingerprint density at radius 2 is 2.22 bits per heavy atom. The molecular formula is C10H7FN4O3. The van der Waals surface area contributed by atoms with Crippen molar-refractivity contribution in [2.45, 2.75) is 0 Å². The third kappa shape index (κ3) is 1.90. The first kappa shape index (κ1) is 11.7. The monoisotopic (exact) mass is 250 g/mol. The van der Waals surface area contributed by atoms with E-state index in [2.05, 4.69) is 5.10 Å². The maximum absolute atomic E-state index is 13.4. The minimum Gasteiger partial charge on any atom is -0.366 e. The van der Waals surface area contributed by atoms with Crippen LogP contribution in [-0.4, -0.2) is 20.6 Å². The molecule has 0 bridgehead atoms. The molecule has 0 radical (unpaired) electrons. The summed E-state index contributed by atoms with van der Waals surface area (Å²) in [5.74, 6) is -1.70. The number of nitro groups is 1. The average Bonchev–Trinajstić information content (AvgIpc) is 2.77. The smallest absolute Gasteiger partial charge is 0.330 e. The SMILES string of the molecule is NC(=O)c1cnn(-c2cccc(F)c2[N+](=O)[O-])c1. The number of nitro benzene ring substituents is 1. The Bertz CT molecular complexity index is 638. The third-order valence-electron chi connectivity index (χ3n) is 2.26. The van der Waals surface area contributed by atoms with Gasteiger partial charge in [0.2, 0.25) is 5.82 Å². The van der Waals surface area contributed by atoms with Crippen molar-refractivity contribution in [3.63, 3.8) is 0 Å². The van der Waals surface area contributed by atoms with Crippen LogP contribution in [-0.2, 0) is 0 Å². The second-order valence-corrected chi connectivity index (χ2v) is 3.40. The van der Waals surface area contributed by atoms with Crippen LogP contribution in [0.4, 0.5) is 10.1 Å². The zero-order valence-electron chi connectivity index (χ0n) is 8.91. The molecule has 0 saturated heterocycles. The first-order valence-corrected chi connectivity index (χ1v) is 4.78. The van der Waals surface area contributed by atoms with Crippen molar-refractivity contribution in [1.29, 1.82) is 0 Å². The largest absolute Gasteiger partial charge is 0.366 e. The molecule has 1 heterocycles. The fourth-order valence-corrected chi connectivity index (χ4v) is 1.45. The van der Waals surface area contributed by atoms with Crippen molar-refractivity contribution in [2.24, 2.45) is 5.73 Å². The Hall–Kier alpha value is -2.77. The summed E-state index contributed by atoms with van der Waals surface area (Å²) in [6.07, 6.45) is 2.35. The standard InChI is InChI=1S/C10H7FN4O3/c11-7-2-1-3-8(9(7)15(17)18)14-5-6(4-13-14)10(12)16/h1-5H,(H2,12,16). The number of halogens is 1. The lowest BCUT2D eigenvalue weighted by Crippen LogP contribution is -2.09. The fraction of sp³-hybridized carbons (Fsp3) is 0. The van der Waals surface area contributed by atoms with Gasteiger partial charge in [0.15, 0.2) is 0 Å². The van der Waals surface area contributed by atoms with Gasteiger partial charge in [-0.05, 0) is 12.1 Å². The quantitative estimate of drug-likeness (QED) is 0.648. The minimum atomic E-state index is -0.978. The number of hydrogen-bond acceptors (Lipinski definition) is 4. The van der Waals surface area contributed by atoms with Crippen molar-refractivity contribution in [3.05, 3.63) is 52.1 Å². The van der Waals surface area contributed by atoms with Gasteiger partial charge in [0.05, 0.1) is 16.7 Å². The summed E-state index contributed by atoms with van der Waals surface area (Å²) in [5, 5.41) is 14.5. The molecule has 1 amide bonds. The molecule has 2 aromatic rings. The molecule has 2 rings (SSSR count). The molecular weight excluding hydrogens is 243 g/mol. The molecule has 92 valence electrons. The van der Waals surface area contributed by atoms with Crippen LogP contribution in [0.25, 0.3) is 5.69 Å². The van der Waals surface area contributed by atoms with E-state index in [1.807, 2.05) is 0 Å². The van der Waals surface area contributed by atoms with E-state index in [-0.39, 0.29) is 11.3 Å². The molecule has 0 spiro atoms. The zero-order chi connectivity index (χ0) is 13.3. The van der Waals surface area contributed by atoms with Gasteiger partial charge in [-0.25, -0.2) is 4.68 Å². The number of rotatable bonds is 3. The number of carbonyl (C=O) groups is 1. The van der Waals surface area contributed by atoms with Gasteiger partial charge in [0.25, 0.3) is 5.91 Å². The number of nitrogens with two attached hydrogens (primary N) is 1. The van der Waals surface area contributed by atoms with Crippen LogP contribution in [0.1, 0.15) is 10.4 Å². The Labute approximate surface area is 99.8 Å².